The Morgan fingerprint density at radius 2 is 1.63 bits per heavy atom. The lowest BCUT2D eigenvalue weighted by molar-refractivity contribution is -0.879. The molecular formula is C43H55N3O6. The second-order valence-corrected chi connectivity index (χ2v) is 15.7. The second kappa shape index (κ2) is 15.9. The molecule has 0 bridgehead atoms. The minimum absolute atomic E-state index is 0.0405. The zero-order valence-corrected chi connectivity index (χ0v) is 31.1. The van der Waals surface area contributed by atoms with Crippen molar-refractivity contribution in [2.24, 2.45) is 5.92 Å². The molecule has 9 nitrogen and oxygen atoms in total. The average molecular weight is 710 g/mol. The highest BCUT2D eigenvalue weighted by molar-refractivity contribution is 5.87. The van der Waals surface area contributed by atoms with Gasteiger partial charge in [0.15, 0.2) is 11.7 Å². The fraction of sp³-hybridized carbons (Fsp3) is 0.488. The van der Waals surface area contributed by atoms with Crippen molar-refractivity contribution in [3.63, 3.8) is 0 Å². The van der Waals surface area contributed by atoms with Gasteiger partial charge in [-0.3, -0.25) is 4.79 Å². The van der Waals surface area contributed by atoms with E-state index in [9.17, 15) is 24.9 Å². The van der Waals surface area contributed by atoms with E-state index < -0.39 is 17.7 Å². The second-order valence-electron chi connectivity index (χ2n) is 15.7. The molecule has 1 aliphatic heterocycles. The molecule has 1 aromatic heterocycles. The Morgan fingerprint density at radius 3 is 2.23 bits per heavy atom. The number of carbonyl (C=O) groups is 1. The number of nitrogens with zero attached hydrogens (tertiary/aromatic N) is 1. The van der Waals surface area contributed by atoms with Crippen molar-refractivity contribution in [3.05, 3.63) is 110 Å². The van der Waals surface area contributed by atoms with Gasteiger partial charge in [0.2, 0.25) is 5.56 Å². The third kappa shape index (κ3) is 8.13. The molecule has 3 aromatic carbocycles. The summed E-state index contributed by atoms with van der Waals surface area (Å²) in [5.41, 5.74) is 5.44. The summed E-state index contributed by atoms with van der Waals surface area (Å²) >= 11 is 0. The summed E-state index contributed by atoms with van der Waals surface area (Å²) < 4.78 is 6.64. The number of quaternary nitrogens is 1. The first-order valence-corrected chi connectivity index (χ1v) is 19.1. The van der Waals surface area contributed by atoms with E-state index in [1.165, 1.54) is 34.4 Å². The van der Waals surface area contributed by atoms with Gasteiger partial charge in [0, 0.05) is 41.9 Å². The molecule has 3 aliphatic rings. The molecule has 7 rings (SSSR count). The molecule has 2 heterocycles. The number of ether oxygens (including phenoxy) is 1. The number of aromatic nitrogens is 1. The van der Waals surface area contributed by atoms with Crippen molar-refractivity contribution in [3.8, 4) is 5.75 Å². The smallest absolute Gasteiger partial charge is 0.343 e. The summed E-state index contributed by atoms with van der Waals surface area (Å²) in [5.74, 6) is -0.741. The summed E-state index contributed by atoms with van der Waals surface area (Å²) in [4.78, 5) is 27.1. The molecule has 2 aliphatic carbocycles. The van der Waals surface area contributed by atoms with Crippen LogP contribution in [0.5, 0.6) is 5.75 Å². The number of aromatic amines is 1. The maximum Gasteiger partial charge on any atom is 0.343 e. The van der Waals surface area contributed by atoms with Gasteiger partial charge in [-0.25, -0.2) is 4.79 Å². The monoisotopic (exact) mass is 709 g/mol. The number of esters is 1. The Bertz CT molecular complexity index is 1880. The molecule has 52 heavy (non-hydrogen) atoms. The van der Waals surface area contributed by atoms with E-state index in [1.54, 1.807) is 12.1 Å². The first-order chi connectivity index (χ1) is 24.9. The molecule has 4 N–H and O–H groups in total. The number of aliphatic hydroxyl groups is 2. The van der Waals surface area contributed by atoms with Gasteiger partial charge in [0.25, 0.3) is 0 Å². The third-order valence-electron chi connectivity index (χ3n) is 11.6. The van der Waals surface area contributed by atoms with Crippen LogP contribution >= 0.6 is 0 Å². The maximum atomic E-state index is 12.9. The van der Waals surface area contributed by atoms with Crippen LogP contribution in [0.25, 0.3) is 10.9 Å². The van der Waals surface area contributed by atoms with Crippen LogP contribution in [0.2, 0.25) is 0 Å². The molecule has 0 amide bonds. The van der Waals surface area contributed by atoms with Crippen molar-refractivity contribution in [1.29, 1.82) is 0 Å². The fourth-order valence-corrected chi connectivity index (χ4v) is 8.62. The summed E-state index contributed by atoms with van der Waals surface area (Å²) in [6, 6.07) is 20.4. The standard InChI is InChI=1S/C24H28N2O3.C19H28NO3/c1-3-14-9-16-11-18(12-17(16)10-15(14)4-2)25-13-22(28)19-5-7-21(27)24-20(19)6-8-23(29)26-24;1-20(2)13-12-17(14-20)23-18(21)19(22,16-10-6-7-11-16)15-8-4-3-5-9-15/h5-10,18,22,25,27-28H,3-4,11-13H2,1-2H3,(H,26,29);3-5,8-9,16-17,22H,6-7,10-14H2,1-2H3/q;+1/p-1/t22-;/m0./s1. The molecule has 0 radical (unpaired) electrons. The Labute approximate surface area is 307 Å². The predicted molar refractivity (Wildman–Crippen MR) is 202 cm³/mol. The molecule has 9 heteroatoms. The Kier molecular flexibility index (Phi) is 11.6. The van der Waals surface area contributed by atoms with E-state index in [0.717, 1.165) is 75.4 Å². The Balaban J connectivity index is 0.000000183. The SMILES string of the molecule is CCc1cc2c(cc1CC)CC(NC[C@H](O)c1ccc([O-])c3[nH]c(=O)ccc13)C2.C[N+]1(C)CCC(OC(=O)C(O)(c2ccccc2)C2CCCC2)C1. The number of H-pyrrole nitrogens is 1. The van der Waals surface area contributed by atoms with Crippen LogP contribution in [0.1, 0.15) is 85.4 Å². The van der Waals surface area contributed by atoms with Crippen molar-refractivity contribution in [2.75, 3.05) is 33.7 Å². The minimum Gasteiger partial charge on any atom is -0.871 e. The number of aryl methyl sites for hydroxylation is 2. The number of aliphatic hydroxyl groups excluding tert-OH is 1. The third-order valence-corrected chi connectivity index (χ3v) is 11.6. The van der Waals surface area contributed by atoms with E-state index in [2.05, 4.69) is 50.4 Å². The Hall–Kier alpha value is -4.02. The Morgan fingerprint density at radius 1 is 0.981 bits per heavy atom. The zero-order valence-electron chi connectivity index (χ0n) is 31.1. The van der Waals surface area contributed by atoms with Gasteiger partial charge in [-0.15, -0.1) is 0 Å². The van der Waals surface area contributed by atoms with Crippen molar-refractivity contribution >= 4 is 16.9 Å². The number of nitrogens with one attached hydrogen (secondary N) is 2. The number of rotatable bonds is 10. The van der Waals surface area contributed by atoms with Gasteiger partial charge in [-0.05, 0) is 78.0 Å². The van der Waals surface area contributed by atoms with E-state index in [-0.39, 0.29) is 28.8 Å². The van der Waals surface area contributed by atoms with E-state index in [0.29, 0.717) is 29.1 Å². The average Bonchev–Trinajstić information content (AvgIpc) is 3.90. The lowest BCUT2D eigenvalue weighted by Crippen LogP contribution is -2.46. The number of benzene rings is 3. The number of likely N-dealkylation sites (N-methyl/N-ethyl adjacent to an activating group) is 1. The van der Waals surface area contributed by atoms with Gasteiger partial charge in [-0.1, -0.05) is 87.0 Å². The zero-order chi connectivity index (χ0) is 37.0. The first kappa shape index (κ1) is 37.7. The quantitative estimate of drug-likeness (QED) is 0.135. The van der Waals surface area contributed by atoms with Gasteiger partial charge >= 0.3 is 5.97 Å². The minimum atomic E-state index is -1.50. The number of pyridine rings is 1. The molecule has 0 spiro atoms. The van der Waals surface area contributed by atoms with Crippen molar-refractivity contribution in [1.82, 2.24) is 10.3 Å². The summed E-state index contributed by atoms with van der Waals surface area (Å²) in [6.45, 7) is 6.62. The largest absolute Gasteiger partial charge is 0.871 e. The number of hydrogen-bond acceptors (Lipinski definition) is 7. The highest BCUT2D eigenvalue weighted by Crippen LogP contribution is 2.42. The predicted octanol–water partition coefficient (Wildman–Crippen LogP) is 4.97. The topological polar surface area (TPSA) is 135 Å². The molecule has 1 saturated heterocycles. The number of likely N-dealkylation sites (tertiary alicyclic amines) is 1. The van der Waals surface area contributed by atoms with Crippen LogP contribution in [0.15, 0.2) is 71.5 Å². The van der Waals surface area contributed by atoms with Gasteiger partial charge in [-0.2, -0.15) is 0 Å². The molecule has 3 atom stereocenters. The lowest BCUT2D eigenvalue weighted by Gasteiger charge is -2.33. The molecule has 1 saturated carbocycles. The normalized spacial score (nSPS) is 20.2. The van der Waals surface area contributed by atoms with Crippen LogP contribution in [0, 0.1) is 5.92 Å². The molecule has 2 fully saturated rings. The highest BCUT2D eigenvalue weighted by Gasteiger charge is 2.49. The van der Waals surface area contributed by atoms with Crippen LogP contribution in [-0.4, -0.2) is 71.5 Å². The van der Waals surface area contributed by atoms with Crippen LogP contribution in [-0.2, 0) is 40.8 Å². The van der Waals surface area contributed by atoms with Crippen LogP contribution in [0.3, 0.4) is 0 Å². The summed E-state index contributed by atoms with van der Waals surface area (Å²) in [6.07, 6.45) is 7.96. The molecule has 278 valence electrons. The highest BCUT2D eigenvalue weighted by atomic mass is 16.6. The summed E-state index contributed by atoms with van der Waals surface area (Å²) in [5, 5.41) is 38.3. The van der Waals surface area contributed by atoms with Gasteiger partial charge in [0.05, 0.1) is 26.7 Å². The van der Waals surface area contributed by atoms with Crippen LogP contribution < -0.4 is 16.0 Å². The van der Waals surface area contributed by atoms with E-state index in [1.807, 2.05) is 30.3 Å². The van der Waals surface area contributed by atoms with E-state index in [4.69, 9.17) is 4.74 Å². The summed E-state index contributed by atoms with van der Waals surface area (Å²) in [7, 11) is 4.29. The fourth-order valence-electron chi connectivity index (χ4n) is 8.62. The molecule has 2 unspecified atom stereocenters. The van der Waals surface area contributed by atoms with E-state index >= 15 is 0 Å². The number of hydrogen-bond donors (Lipinski definition) is 4. The number of fused-ring (bicyclic) bond motifs is 2. The van der Waals surface area contributed by atoms with Crippen molar-refractivity contribution in [2.45, 2.75) is 95.5 Å². The maximum absolute atomic E-state index is 12.9. The van der Waals surface area contributed by atoms with Crippen LogP contribution in [0.4, 0.5) is 0 Å². The molecule has 4 aromatic rings. The van der Waals surface area contributed by atoms with Crippen molar-refractivity contribution < 1.29 is 29.3 Å². The number of carbonyl (C=O) groups excluding carboxylic acids is 1. The molecular weight excluding hydrogens is 654 g/mol. The van der Waals surface area contributed by atoms with Gasteiger partial charge < -0.3 is 34.8 Å². The first-order valence-electron chi connectivity index (χ1n) is 19.1. The van der Waals surface area contributed by atoms with Gasteiger partial charge in [0.1, 0.15) is 6.54 Å². The lowest BCUT2D eigenvalue weighted by atomic mass is 9.80.